The molecule has 33 heavy (non-hydrogen) atoms. The van der Waals surface area contributed by atoms with Crippen molar-refractivity contribution in [3.8, 4) is 5.75 Å². The lowest BCUT2D eigenvalue weighted by molar-refractivity contribution is 0.187. The first-order valence-corrected chi connectivity index (χ1v) is 11.8. The number of hydrogen-bond acceptors (Lipinski definition) is 6. The van der Waals surface area contributed by atoms with E-state index >= 15 is 0 Å². The van der Waals surface area contributed by atoms with Crippen LogP contribution in [0.4, 0.5) is 5.69 Å². The van der Waals surface area contributed by atoms with Crippen molar-refractivity contribution in [2.24, 2.45) is 0 Å². The topological polar surface area (TPSA) is 59.3 Å². The summed E-state index contributed by atoms with van der Waals surface area (Å²) >= 11 is 0. The molecule has 0 unspecified atom stereocenters. The highest BCUT2D eigenvalue weighted by Gasteiger charge is 2.34. The summed E-state index contributed by atoms with van der Waals surface area (Å²) in [5.41, 5.74) is 5.06. The van der Waals surface area contributed by atoms with Gasteiger partial charge >= 0.3 is 0 Å². The Hall–Kier alpha value is -2.93. The van der Waals surface area contributed by atoms with Gasteiger partial charge in [-0.3, -0.25) is 4.90 Å². The van der Waals surface area contributed by atoms with Crippen molar-refractivity contribution >= 4 is 5.69 Å². The minimum atomic E-state index is -0.163. The molecule has 7 heteroatoms. The average molecular weight is 449 g/mol. The van der Waals surface area contributed by atoms with E-state index in [2.05, 4.69) is 90.3 Å². The van der Waals surface area contributed by atoms with Gasteiger partial charge in [0.15, 0.2) is 5.82 Å². The fourth-order valence-corrected chi connectivity index (χ4v) is 4.55. The van der Waals surface area contributed by atoms with Crippen LogP contribution >= 0.6 is 0 Å². The summed E-state index contributed by atoms with van der Waals surface area (Å²) < 4.78 is 7.41. The van der Waals surface area contributed by atoms with E-state index in [1.54, 1.807) is 7.11 Å². The molecule has 2 heterocycles. The molecule has 1 saturated heterocycles. The molecule has 1 aromatic heterocycles. The standard InChI is InChI=1S/C26H36N6O/c1-7-26(4,5)32-25(27-28-29-32)24(21-11-13-22(33-6)14-12-21)31-17-15-30(16-18-31)23-10-8-9-19(2)20(23)3/h8-14,24H,7,15-18H2,1-6H3/t24-/m1/s1. The Kier molecular flexibility index (Phi) is 6.70. The third-order valence-corrected chi connectivity index (χ3v) is 7.20. The Morgan fingerprint density at radius 2 is 1.70 bits per heavy atom. The number of tetrazole rings is 1. The van der Waals surface area contributed by atoms with E-state index in [1.165, 1.54) is 22.4 Å². The van der Waals surface area contributed by atoms with Crippen molar-refractivity contribution in [2.75, 3.05) is 38.2 Å². The van der Waals surface area contributed by atoms with E-state index in [9.17, 15) is 0 Å². The normalized spacial score (nSPS) is 16.1. The number of aryl methyl sites for hydroxylation is 1. The molecule has 0 bridgehead atoms. The van der Waals surface area contributed by atoms with Gasteiger partial charge < -0.3 is 9.64 Å². The van der Waals surface area contributed by atoms with Crippen molar-refractivity contribution in [3.05, 3.63) is 65.0 Å². The zero-order valence-electron chi connectivity index (χ0n) is 20.7. The summed E-state index contributed by atoms with van der Waals surface area (Å²) in [7, 11) is 1.70. The van der Waals surface area contributed by atoms with Crippen LogP contribution in [0.2, 0.25) is 0 Å². The second kappa shape index (κ2) is 9.51. The van der Waals surface area contributed by atoms with Gasteiger partial charge in [0, 0.05) is 31.9 Å². The van der Waals surface area contributed by atoms with Crippen molar-refractivity contribution < 1.29 is 4.74 Å². The third-order valence-electron chi connectivity index (χ3n) is 7.20. The molecule has 0 saturated carbocycles. The maximum absolute atomic E-state index is 5.40. The lowest BCUT2D eigenvalue weighted by Gasteiger charge is -2.41. The summed E-state index contributed by atoms with van der Waals surface area (Å²) in [6, 6.07) is 14.9. The number of rotatable bonds is 7. The molecule has 2 aromatic carbocycles. The fourth-order valence-electron chi connectivity index (χ4n) is 4.55. The monoisotopic (exact) mass is 448 g/mol. The predicted octanol–water partition coefficient (Wildman–Crippen LogP) is 4.36. The smallest absolute Gasteiger partial charge is 0.173 e. The largest absolute Gasteiger partial charge is 0.497 e. The fraction of sp³-hybridized carbons (Fsp3) is 0.500. The van der Waals surface area contributed by atoms with Gasteiger partial charge in [0.1, 0.15) is 5.75 Å². The van der Waals surface area contributed by atoms with E-state index in [0.717, 1.165) is 44.2 Å². The predicted molar refractivity (Wildman–Crippen MR) is 132 cm³/mol. The zero-order chi connectivity index (χ0) is 23.6. The molecular formula is C26H36N6O. The van der Waals surface area contributed by atoms with Crippen molar-refractivity contribution in [3.63, 3.8) is 0 Å². The maximum atomic E-state index is 5.40. The van der Waals surface area contributed by atoms with Crippen LogP contribution in [0.1, 0.15) is 55.7 Å². The Morgan fingerprint density at radius 3 is 2.33 bits per heavy atom. The maximum Gasteiger partial charge on any atom is 0.173 e. The van der Waals surface area contributed by atoms with E-state index in [-0.39, 0.29) is 11.6 Å². The Morgan fingerprint density at radius 1 is 1.00 bits per heavy atom. The van der Waals surface area contributed by atoms with Crippen LogP contribution in [0.15, 0.2) is 42.5 Å². The highest BCUT2D eigenvalue weighted by molar-refractivity contribution is 5.56. The number of anilines is 1. The van der Waals surface area contributed by atoms with Crippen LogP contribution in [-0.2, 0) is 5.54 Å². The second-order valence-corrected chi connectivity index (χ2v) is 9.53. The molecule has 1 fully saturated rings. The summed E-state index contributed by atoms with van der Waals surface area (Å²) in [5, 5.41) is 13.1. The molecule has 0 radical (unpaired) electrons. The molecule has 0 amide bonds. The first-order chi connectivity index (χ1) is 15.9. The molecule has 176 valence electrons. The van der Waals surface area contributed by atoms with Crippen LogP contribution in [0, 0.1) is 13.8 Å². The zero-order valence-corrected chi connectivity index (χ0v) is 20.7. The number of hydrogen-bond donors (Lipinski definition) is 0. The lowest BCUT2D eigenvalue weighted by atomic mass is 9.99. The number of aromatic nitrogens is 4. The van der Waals surface area contributed by atoms with Gasteiger partial charge in [-0.1, -0.05) is 31.2 Å². The van der Waals surface area contributed by atoms with Gasteiger partial charge in [-0.05, 0) is 79.4 Å². The van der Waals surface area contributed by atoms with E-state index < -0.39 is 0 Å². The molecule has 0 aliphatic carbocycles. The SMILES string of the molecule is CCC(C)(C)n1nnnc1[C@@H](c1ccc(OC)cc1)N1CCN(c2cccc(C)c2C)CC1. The Labute approximate surface area is 197 Å². The molecule has 7 nitrogen and oxygen atoms in total. The second-order valence-electron chi connectivity index (χ2n) is 9.53. The van der Waals surface area contributed by atoms with Crippen LogP contribution in [0.25, 0.3) is 0 Å². The highest BCUT2D eigenvalue weighted by Crippen LogP contribution is 2.33. The first kappa shape index (κ1) is 23.2. The number of piperazine rings is 1. The average Bonchev–Trinajstić information content (AvgIpc) is 3.32. The quantitative estimate of drug-likeness (QED) is 0.535. The van der Waals surface area contributed by atoms with Crippen LogP contribution < -0.4 is 9.64 Å². The lowest BCUT2D eigenvalue weighted by Crippen LogP contribution is -2.49. The molecule has 3 aromatic rings. The minimum Gasteiger partial charge on any atom is -0.497 e. The summed E-state index contributed by atoms with van der Waals surface area (Å²) in [5.74, 6) is 1.75. The van der Waals surface area contributed by atoms with Crippen molar-refractivity contribution in [2.45, 2.75) is 52.6 Å². The first-order valence-electron chi connectivity index (χ1n) is 11.8. The van der Waals surface area contributed by atoms with Crippen LogP contribution in [0.3, 0.4) is 0 Å². The van der Waals surface area contributed by atoms with Gasteiger partial charge in [0.2, 0.25) is 0 Å². The Balaban J connectivity index is 1.65. The Bertz CT molecular complexity index is 1070. The minimum absolute atomic E-state index is 0.0162. The van der Waals surface area contributed by atoms with Crippen molar-refractivity contribution in [1.29, 1.82) is 0 Å². The van der Waals surface area contributed by atoms with Crippen LogP contribution in [0.5, 0.6) is 5.75 Å². The summed E-state index contributed by atoms with van der Waals surface area (Å²) in [6.45, 7) is 14.8. The highest BCUT2D eigenvalue weighted by atomic mass is 16.5. The molecule has 1 atom stereocenters. The van der Waals surface area contributed by atoms with Crippen LogP contribution in [-0.4, -0.2) is 58.4 Å². The third kappa shape index (κ3) is 4.60. The molecule has 0 spiro atoms. The molecule has 0 N–H and O–H groups in total. The van der Waals surface area contributed by atoms with Gasteiger partial charge in [0.25, 0.3) is 0 Å². The van der Waals surface area contributed by atoms with Gasteiger partial charge in [-0.2, -0.15) is 0 Å². The van der Waals surface area contributed by atoms with E-state index in [0.29, 0.717) is 0 Å². The summed E-state index contributed by atoms with van der Waals surface area (Å²) in [6.07, 6.45) is 0.945. The number of ether oxygens (including phenoxy) is 1. The van der Waals surface area contributed by atoms with E-state index in [1.807, 2.05) is 16.8 Å². The molecular weight excluding hydrogens is 412 g/mol. The summed E-state index contributed by atoms with van der Waals surface area (Å²) in [4.78, 5) is 5.01. The van der Waals surface area contributed by atoms with Crippen molar-refractivity contribution in [1.82, 2.24) is 25.1 Å². The molecule has 1 aliphatic heterocycles. The molecule has 4 rings (SSSR count). The van der Waals surface area contributed by atoms with E-state index in [4.69, 9.17) is 4.74 Å². The number of benzene rings is 2. The number of nitrogens with zero attached hydrogens (tertiary/aromatic N) is 6. The van der Waals surface area contributed by atoms with Gasteiger partial charge in [-0.15, -0.1) is 5.10 Å². The number of methoxy groups -OCH3 is 1. The van der Waals surface area contributed by atoms with Gasteiger partial charge in [-0.25, -0.2) is 4.68 Å². The van der Waals surface area contributed by atoms with Gasteiger partial charge in [0.05, 0.1) is 18.7 Å². The molecule has 1 aliphatic rings.